The van der Waals surface area contributed by atoms with Crippen LogP contribution in [0.15, 0.2) is 17.3 Å². The molecule has 0 bridgehead atoms. The number of nitrogens with zero attached hydrogens (tertiary/aromatic N) is 2. The van der Waals surface area contributed by atoms with Crippen molar-refractivity contribution in [3.05, 3.63) is 26.4 Å². The van der Waals surface area contributed by atoms with E-state index in [0.717, 1.165) is 0 Å². The third-order valence-electron chi connectivity index (χ3n) is 1.81. The van der Waals surface area contributed by atoms with E-state index >= 15 is 0 Å². The number of alkyl halides is 3. The zero-order valence-electron chi connectivity index (χ0n) is 8.71. The first-order valence-electron chi connectivity index (χ1n) is 4.74. The Morgan fingerprint density at radius 2 is 2.18 bits per heavy atom. The topological polar surface area (TPSA) is 44.1 Å². The number of rotatable bonds is 5. The second-order valence-corrected chi connectivity index (χ2v) is 4.42. The highest BCUT2D eigenvalue weighted by Crippen LogP contribution is 2.14. The fourth-order valence-electron chi connectivity index (χ4n) is 1.11. The van der Waals surface area contributed by atoms with Crippen molar-refractivity contribution in [3.8, 4) is 0 Å². The van der Waals surface area contributed by atoms with Gasteiger partial charge < -0.3 is 4.74 Å². The summed E-state index contributed by atoms with van der Waals surface area (Å²) < 4.78 is 41.4. The Morgan fingerprint density at radius 3 is 2.82 bits per heavy atom. The van der Waals surface area contributed by atoms with Crippen LogP contribution in [0, 0.1) is 3.57 Å². The molecule has 17 heavy (non-hydrogen) atoms. The second-order valence-electron chi connectivity index (χ2n) is 3.26. The lowest BCUT2D eigenvalue weighted by Crippen LogP contribution is -2.23. The van der Waals surface area contributed by atoms with Crippen LogP contribution in [-0.2, 0) is 11.3 Å². The van der Waals surface area contributed by atoms with E-state index in [1.165, 1.54) is 17.1 Å². The van der Waals surface area contributed by atoms with Gasteiger partial charge in [0.25, 0.3) is 5.56 Å². The van der Waals surface area contributed by atoms with Gasteiger partial charge in [0.15, 0.2) is 0 Å². The molecule has 0 aliphatic heterocycles. The Labute approximate surface area is 109 Å². The maximum Gasteiger partial charge on any atom is 0.411 e. The molecule has 0 fully saturated rings. The van der Waals surface area contributed by atoms with Gasteiger partial charge in [-0.1, -0.05) is 0 Å². The molecule has 4 nitrogen and oxygen atoms in total. The lowest BCUT2D eigenvalue weighted by molar-refractivity contribution is -0.174. The average molecular weight is 362 g/mol. The molecule has 1 aromatic rings. The predicted molar refractivity (Wildman–Crippen MR) is 62.7 cm³/mol. The molecule has 0 saturated carbocycles. The molecular formula is C9H10F3IN2O2. The molecule has 0 saturated heterocycles. The van der Waals surface area contributed by atoms with Crippen molar-refractivity contribution in [1.82, 2.24) is 9.55 Å². The summed E-state index contributed by atoms with van der Waals surface area (Å²) in [4.78, 5) is 15.3. The molecule has 8 heteroatoms. The van der Waals surface area contributed by atoms with Crippen LogP contribution in [0.1, 0.15) is 6.42 Å². The molecule has 0 aliphatic rings. The summed E-state index contributed by atoms with van der Waals surface area (Å²) in [5, 5.41) is 0. The summed E-state index contributed by atoms with van der Waals surface area (Å²) in [7, 11) is 0. The van der Waals surface area contributed by atoms with Crippen molar-refractivity contribution in [1.29, 1.82) is 0 Å². The number of hydrogen-bond donors (Lipinski definition) is 0. The highest BCUT2D eigenvalue weighted by atomic mass is 127. The second kappa shape index (κ2) is 6.34. The summed E-state index contributed by atoms with van der Waals surface area (Å²) in [6.07, 6.45) is -1.19. The van der Waals surface area contributed by atoms with E-state index in [4.69, 9.17) is 0 Å². The minimum Gasteiger partial charge on any atom is -0.372 e. The molecule has 96 valence electrons. The molecule has 0 radical (unpaired) electrons. The van der Waals surface area contributed by atoms with Crippen LogP contribution in [0.5, 0.6) is 0 Å². The van der Waals surface area contributed by atoms with Crippen molar-refractivity contribution < 1.29 is 17.9 Å². The first-order chi connectivity index (χ1) is 7.90. The van der Waals surface area contributed by atoms with Gasteiger partial charge in [-0.05, 0) is 29.0 Å². The highest BCUT2D eigenvalue weighted by Gasteiger charge is 2.27. The van der Waals surface area contributed by atoms with Crippen molar-refractivity contribution in [2.75, 3.05) is 13.2 Å². The summed E-state index contributed by atoms with van der Waals surface area (Å²) in [5.41, 5.74) is -0.198. The number of halogens is 4. The number of ether oxygens (including phenoxy) is 1. The van der Waals surface area contributed by atoms with E-state index in [9.17, 15) is 18.0 Å². The fraction of sp³-hybridized carbons (Fsp3) is 0.556. The van der Waals surface area contributed by atoms with Gasteiger partial charge >= 0.3 is 6.18 Å². The third-order valence-corrected chi connectivity index (χ3v) is 2.55. The normalized spacial score (nSPS) is 11.8. The molecule has 1 heterocycles. The SMILES string of the molecule is O=c1c(I)cncn1CCCOCC(F)(F)F. The van der Waals surface area contributed by atoms with Crippen LogP contribution in [0.4, 0.5) is 13.2 Å². The molecule has 1 aromatic heterocycles. The van der Waals surface area contributed by atoms with E-state index in [1.807, 2.05) is 22.6 Å². The Morgan fingerprint density at radius 1 is 1.47 bits per heavy atom. The minimum atomic E-state index is -4.31. The van der Waals surface area contributed by atoms with E-state index in [2.05, 4.69) is 9.72 Å². The average Bonchev–Trinajstić information content (AvgIpc) is 2.22. The predicted octanol–water partition coefficient (Wildman–Crippen LogP) is 1.82. The highest BCUT2D eigenvalue weighted by molar-refractivity contribution is 14.1. The van der Waals surface area contributed by atoms with Crippen LogP contribution in [0.25, 0.3) is 0 Å². The van der Waals surface area contributed by atoms with Crippen molar-refractivity contribution in [2.24, 2.45) is 0 Å². The van der Waals surface area contributed by atoms with Gasteiger partial charge in [-0.3, -0.25) is 9.36 Å². The molecule has 0 amide bonds. The smallest absolute Gasteiger partial charge is 0.372 e. The lowest BCUT2D eigenvalue weighted by atomic mass is 10.4. The summed E-state index contributed by atoms with van der Waals surface area (Å²) in [6.45, 7) is -1.01. The largest absolute Gasteiger partial charge is 0.411 e. The molecule has 1 rings (SSSR count). The maximum atomic E-state index is 11.7. The van der Waals surface area contributed by atoms with Crippen LogP contribution in [0.3, 0.4) is 0 Å². The summed E-state index contributed by atoms with van der Waals surface area (Å²) in [6, 6.07) is 0. The van der Waals surface area contributed by atoms with Gasteiger partial charge in [0, 0.05) is 19.3 Å². The number of hydrogen-bond acceptors (Lipinski definition) is 3. The van der Waals surface area contributed by atoms with Gasteiger partial charge in [0.05, 0.1) is 9.90 Å². The van der Waals surface area contributed by atoms with Gasteiger partial charge in [-0.25, -0.2) is 4.98 Å². The van der Waals surface area contributed by atoms with Crippen LogP contribution in [0.2, 0.25) is 0 Å². The van der Waals surface area contributed by atoms with Gasteiger partial charge in [-0.2, -0.15) is 13.2 Å². The Kier molecular flexibility index (Phi) is 5.37. The minimum absolute atomic E-state index is 0.0442. The summed E-state index contributed by atoms with van der Waals surface area (Å²) in [5.74, 6) is 0. The van der Waals surface area contributed by atoms with Crippen LogP contribution < -0.4 is 5.56 Å². The van der Waals surface area contributed by atoms with E-state index < -0.39 is 12.8 Å². The standard InChI is InChI=1S/C9H10F3IN2O2/c10-9(11,12)5-17-3-1-2-15-6-14-4-7(13)8(15)16/h4,6H,1-3,5H2. The monoisotopic (exact) mass is 362 g/mol. The molecule has 0 unspecified atom stereocenters. The summed E-state index contributed by atoms with van der Waals surface area (Å²) >= 11 is 1.85. The van der Waals surface area contributed by atoms with E-state index in [1.54, 1.807) is 0 Å². The molecular weight excluding hydrogens is 352 g/mol. The molecule has 0 aromatic carbocycles. The zero-order valence-corrected chi connectivity index (χ0v) is 10.9. The van der Waals surface area contributed by atoms with E-state index in [0.29, 0.717) is 16.5 Å². The Bertz CT molecular complexity index is 419. The maximum absolute atomic E-state index is 11.7. The Balaban J connectivity index is 2.32. The quantitative estimate of drug-likeness (QED) is 0.593. The zero-order chi connectivity index (χ0) is 12.9. The van der Waals surface area contributed by atoms with Crippen LogP contribution in [-0.4, -0.2) is 28.9 Å². The van der Waals surface area contributed by atoms with Crippen molar-refractivity contribution in [3.63, 3.8) is 0 Å². The van der Waals surface area contributed by atoms with E-state index in [-0.39, 0.29) is 12.2 Å². The molecule has 0 N–H and O–H groups in total. The van der Waals surface area contributed by atoms with Crippen molar-refractivity contribution >= 4 is 22.6 Å². The molecule has 0 spiro atoms. The van der Waals surface area contributed by atoms with Crippen LogP contribution >= 0.6 is 22.6 Å². The first kappa shape index (κ1) is 14.4. The first-order valence-corrected chi connectivity index (χ1v) is 5.82. The molecule has 0 aliphatic carbocycles. The number of aryl methyl sites for hydroxylation is 1. The van der Waals surface area contributed by atoms with Gasteiger partial charge in [-0.15, -0.1) is 0 Å². The van der Waals surface area contributed by atoms with Crippen molar-refractivity contribution in [2.45, 2.75) is 19.1 Å². The van der Waals surface area contributed by atoms with Gasteiger partial charge in [0.1, 0.15) is 6.61 Å². The lowest BCUT2D eigenvalue weighted by Gasteiger charge is -2.08. The molecule has 0 atom stereocenters. The fourth-order valence-corrected chi connectivity index (χ4v) is 1.58. The number of aromatic nitrogens is 2. The Hall–Kier alpha value is -0.640. The van der Waals surface area contributed by atoms with Gasteiger partial charge in [0.2, 0.25) is 0 Å². The third kappa shape index (κ3) is 5.48.